The van der Waals surface area contributed by atoms with Crippen LogP contribution in [0.4, 0.5) is 0 Å². The Kier molecular flexibility index (Phi) is 8.36. The van der Waals surface area contributed by atoms with E-state index in [2.05, 4.69) is 12.1 Å². The summed E-state index contributed by atoms with van der Waals surface area (Å²) >= 11 is 0. The van der Waals surface area contributed by atoms with Gasteiger partial charge < -0.3 is 20.6 Å². The number of nitrogens with one attached hydrogen (secondary N) is 2. The molecule has 0 atom stereocenters. The van der Waals surface area contributed by atoms with E-state index in [1.807, 2.05) is 43.3 Å². The molecule has 0 aliphatic heterocycles. The van der Waals surface area contributed by atoms with Crippen LogP contribution in [-0.4, -0.2) is 18.3 Å². The van der Waals surface area contributed by atoms with E-state index in [-0.39, 0.29) is 12.6 Å². The second-order valence-electron chi connectivity index (χ2n) is 6.71. The van der Waals surface area contributed by atoms with Crippen molar-refractivity contribution in [3.8, 4) is 11.5 Å². The average molecular weight is 367 g/mol. The van der Waals surface area contributed by atoms with Gasteiger partial charge in [0, 0.05) is 12.1 Å². The molecule has 0 fully saturated rings. The van der Waals surface area contributed by atoms with Crippen molar-refractivity contribution in [2.45, 2.75) is 45.4 Å². The van der Waals surface area contributed by atoms with Crippen LogP contribution in [0.15, 0.2) is 48.5 Å². The quantitative estimate of drug-likeness (QED) is 0.288. The summed E-state index contributed by atoms with van der Waals surface area (Å²) in [7, 11) is 0. The maximum atomic E-state index is 7.45. The van der Waals surface area contributed by atoms with Crippen molar-refractivity contribution in [3.05, 3.63) is 59.7 Å². The monoisotopic (exact) mass is 367 g/mol. The average Bonchev–Trinajstić information content (AvgIpc) is 2.64. The summed E-state index contributed by atoms with van der Waals surface area (Å²) in [5.41, 5.74) is 8.56. The lowest BCUT2D eigenvalue weighted by Crippen LogP contribution is -2.09. The van der Waals surface area contributed by atoms with Crippen LogP contribution in [0.25, 0.3) is 0 Å². The molecule has 0 amide bonds. The van der Waals surface area contributed by atoms with Gasteiger partial charge in [0.05, 0.1) is 5.84 Å². The highest BCUT2D eigenvalue weighted by molar-refractivity contribution is 5.78. The summed E-state index contributed by atoms with van der Waals surface area (Å²) in [5, 5.41) is 14.7. The van der Waals surface area contributed by atoms with Crippen LogP contribution in [0.3, 0.4) is 0 Å². The summed E-state index contributed by atoms with van der Waals surface area (Å²) in [6.45, 7) is 2.01. The normalized spacial score (nSPS) is 10.4. The number of ether oxygens (including phenoxy) is 2. The second-order valence-corrected chi connectivity index (χ2v) is 6.71. The number of hydrogen-bond donors (Lipinski definition) is 3. The van der Waals surface area contributed by atoms with E-state index in [1.54, 1.807) is 0 Å². The third kappa shape index (κ3) is 8.40. The molecule has 0 aliphatic carbocycles. The lowest BCUT2D eigenvalue weighted by atomic mass is 10.1. The Morgan fingerprint density at radius 1 is 0.778 bits per heavy atom. The Morgan fingerprint density at radius 2 is 1.22 bits per heavy atom. The fourth-order valence-electron chi connectivity index (χ4n) is 2.71. The topological polar surface area (TPSA) is 92.2 Å². The SMILES string of the molecule is CC(=N)CCCc1ccc(OCOc2ccc(CCCC(=N)N)cc2)cc1. The Hall–Kier alpha value is -2.82. The van der Waals surface area contributed by atoms with E-state index >= 15 is 0 Å². The minimum absolute atomic E-state index is 0.163. The third-order valence-electron chi connectivity index (χ3n) is 4.23. The lowest BCUT2D eigenvalue weighted by molar-refractivity contribution is 0.120. The summed E-state index contributed by atoms with van der Waals surface area (Å²) in [6.07, 6.45) is 5.25. The zero-order valence-corrected chi connectivity index (χ0v) is 16.0. The number of hydrogen-bond acceptors (Lipinski definition) is 4. The molecule has 5 heteroatoms. The van der Waals surface area contributed by atoms with Crippen molar-refractivity contribution in [1.29, 1.82) is 10.8 Å². The Morgan fingerprint density at radius 3 is 1.63 bits per heavy atom. The van der Waals surface area contributed by atoms with Crippen molar-refractivity contribution < 1.29 is 9.47 Å². The van der Waals surface area contributed by atoms with E-state index < -0.39 is 0 Å². The fraction of sp³-hybridized carbons (Fsp3) is 0.364. The van der Waals surface area contributed by atoms with Crippen LogP contribution >= 0.6 is 0 Å². The molecule has 144 valence electrons. The molecule has 0 saturated carbocycles. The van der Waals surface area contributed by atoms with E-state index in [1.165, 1.54) is 11.1 Å². The molecule has 0 heterocycles. The van der Waals surface area contributed by atoms with Gasteiger partial charge in [0.2, 0.25) is 6.79 Å². The third-order valence-corrected chi connectivity index (χ3v) is 4.23. The number of benzene rings is 2. The van der Waals surface area contributed by atoms with Crippen molar-refractivity contribution in [2.24, 2.45) is 5.73 Å². The first-order valence-electron chi connectivity index (χ1n) is 9.33. The van der Waals surface area contributed by atoms with Crippen LogP contribution in [0, 0.1) is 10.8 Å². The first kappa shape index (κ1) is 20.5. The molecule has 4 N–H and O–H groups in total. The zero-order valence-electron chi connectivity index (χ0n) is 16.0. The van der Waals surface area contributed by atoms with Gasteiger partial charge in [-0.2, -0.15) is 0 Å². The van der Waals surface area contributed by atoms with Crippen LogP contribution in [0.1, 0.15) is 43.7 Å². The van der Waals surface area contributed by atoms with Crippen molar-refractivity contribution >= 4 is 11.5 Å². The predicted octanol–water partition coefficient (Wildman–Crippen LogP) is 4.72. The van der Waals surface area contributed by atoms with E-state index in [4.69, 9.17) is 26.0 Å². The van der Waals surface area contributed by atoms with Gasteiger partial charge in [-0.25, -0.2) is 0 Å². The number of amidine groups is 1. The van der Waals surface area contributed by atoms with Crippen molar-refractivity contribution in [2.75, 3.05) is 6.79 Å². The molecular weight excluding hydrogens is 338 g/mol. The van der Waals surface area contributed by atoms with Crippen LogP contribution in [0.5, 0.6) is 11.5 Å². The summed E-state index contributed by atoms with van der Waals surface area (Å²) in [5.74, 6) is 1.79. The van der Waals surface area contributed by atoms with Crippen LogP contribution < -0.4 is 15.2 Å². The first-order chi connectivity index (χ1) is 13.0. The smallest absolute Gasteiger partial charge is 0.230 e. The predicted molar refractivity (Wildman–Crippen MR) is 110 cm³/mol. The van der Waals surface area contributed by atoms with Gasteiger partial charge in [-0.3, -0.25) is 5.41 Å². The molecule has 0 bridgehead atoms. The first-order valence-corrected chi connectivity index (χ1v) is 9.33. The van der Waals surface area contributed by atoms with Crippen molar-refractivity contribution in [1.82, 2.24) is 0 Å². The highest BCUT2D eigenvalue weighted by Gasteiger charge is 2.00. The number of nitrogens with two attached hydrogens (primary N) is 1. The Labute approximate surface area is 161 Å². The van der Waals surface area contributed by atoms with Crippen LogP contribution in [-0.2, 0) is 12.8 Å². The highest BCUT2D eigenvalue weighted by Crippen LogP contribution is 2.16. The standard InChI is InChI=1S/C22H29N3O2/c1-17(23)4-2-5-18-8-12-20(13-9-18)26-16-27-21-14-10-19(11-15-21)6-3-7-22(24)25/h8-15,23H,2-7,16H2,1H3,(H3,24,25). The number of rotatable bonds is 12. The van der Waals surface area contributed by atoms with Gasteiger partial charge in [0.1, 0.15) is 11.5 Å². The largest absolute Gasteiger partial charge is 0.458 e. The van der Waals surface area contributed by atoms with Gasteiger partial charge in [0.25, 0.3) is 0 Å². The molecule has 2 aromatic carbocycles. The summed E-state index contributed by atoms with van der Waals surface area (Å²) in [4.78, 5) is 0. The molecule has 0 unspecified atom stereocenters. The van der Waals surface area contributed by atoms with Gasteiger partial charge in [-0.15, -0.1) is 0 Å². The molecule has 0 aliphatic rings. The Bertz CT molecular complexity index is 661. The van der Waals surface area contributed by atoms with Gasteiger partial charge in [-0.05, 0) is 74.4 Å². The molecule has 0 radical (unpaired) electrons. The van der Waals surface area contributed by atoms with Crippen molar-refractivity contribution in [3.63, 3.8) is 0 Å². The molecule has 27 heavy (non-hydrogen) atoms. The molecule has 0 aromatic heterocycles. The highest BCUT2D eigenvalue weighted by atomic mass is 16.7. The molecule has 0 spiro atoms. The fourth-order valence-corrected chi connectivity index (χ4v) is 2.71. The molecule has 2 aromatic rings. The summed E-state index contributed by atoms with van der Waals surface area (Å²) in [6, 6.07) is 15.9. The summed E-state index contributed by atoms with van der Waals surface area (Å²) < 4.78 is 11.3. The maximum absolute atomic E-state index is 7.45. The lowest BCUT2D eigenvalue weighted by Gasteiger charge is -2.10. The molecular formula is C22H29N3O2. The van der Waals surface area contributed by atoms with Gasteiger partial charge in [-0.1, -0.05) is 24.3 Å². The minimum atomic E-state index is 0.163. The molecule has 5 nitrogen and oxygen atoms in total. The van der Waals surface area contributed by atoms with E-state index in [9.17, 15) is 0 Å². The second kappa shape index (κ2) is 11.0. The maximum Gasteiger partial charge on any atom is 0.230 e. The molecule has 0 saturated heterocycles. The minimum Gasteiger partial charge on any atom is -0.458 e. The zero-order chi connectivity index (χ0) is 19.5. The van der Waals surface area contributed by atoms with E-state index in [0.717, 1.165) is 49.3 Å². The Balaban J connectivity index is 1.69. The van der Waals surface area contributed by atoms with E-state index in [0.29, 0.717) is 6.42 Å². The molecule has 2 rings (SSSR count). The van der Waals surface area contributed by atoms with Gasteiger partial charge >= 0.3 is 0 Å². The van der Waals surface area contributed by atoms with Crippen LogP contribution in [0.2, 0.25) is 0 Å². The van der Waals surface area contributed by atoms with Gasteiger partial charge in [0.15, 0.2) is 0 Å². The number of aryl methyl sites for hydroxylation is 2.